The number of rotatable bonds is 0. The largest absolute Gasteiger partial charge is 0.508 e. The highest BCUT2D eigenvalue weighted by Crippen LogP contribution is 2.48. The fraction of sp³-hybridized carbons (Fsp3) is 0.500. The van der Waals surface area contributed by atoms with Crippen LogP contribution in [0, 0.1) is 0 Å². The van der Waals surface area contributed by atoms with Gasteiger partial charge in [-0.3, -0.25) is 4.79 Å². The lowest BCUT2D eigenvalue weighted by Gasteiger charge is -2.50. The number of aromatic nitrogens is 1. The van der Waals surface area contributed by atoms with E-state index >= 15 is 0 Å². The molecule has 1 aromatic heterocycles. The molecule has 1 N–H and O–H groups in total. The minimum atomic E-state index is -0.000365. The zero-order valence-corrected chi connectivity index (χ0v) is 13.4. The topological polar surface area (TPSA) is 45.5 Å². The molecule has 2 atom stereocenters. The van der Waals surface area contributed by atoms with Gasteiger partial charge in [0.25, 0.3) is 0 Å². The molecule has 0 saturated carbocycles. The van der Waals surface area contributed by atoms with Crippen molar-refractivity contribution in [1.29, 1.82) is 0 Å². The first-order valence-electron chi connectivity index (χ1n) is 8.00. The average molecular weight is 298 g/mol. The van der Waals surface area contributed by atoms with Crippen molar-refractivity contribution in [3.8, 4) is 5.75 Å². The first-order valence-corrected chi connectivity index (χ1v) is 8.00. The number of piperidine rings is 1. The lowest BCUT2D eigenvalue weighted by Crippen LogP contribution is -2.56. The van der Waals surface area contributed by atoms with Gasteiger partial charge in [0.2, 0.25) is 5.91 Å². The monoisotopic (exact) mass is 298 g/mol. The number of aromatic hydroxyl groups is 1. The normalized spacial score (nSPS) is 27.9. The summed E-state index contributed by atoms with van der Waals surface area (Å²) >= 11 is 0. The van der Waals surface area contributed by atoms with Gasteiger partial charge in [-0.25, -0.2) is 0 Å². The Bertz CT molecular complexity index is 792. The second-order valence-electron chi connectivity index (χ2n) is 7.06. The van der Waals surface area contributed by atoms with E-state index in [2.05, 4.69) is 18.5 Å². The molecule has 22 heavy (non-hydrogen) atoms. The fourth-order valence-electron chi connectivity index (χ4n) is 4.87. The minimum absolute atomic E-state index is 0.000365. The van der Waals surface area contributed by atoms with Gasteiger partial charge in [0.05, 0.1) is 0 Å². The van der Waals surface area contributed by atoms with Crippen molar-refractivity contribution in [3.63, 3.8) is 0 Å². The van der Waals surface area contributed by atoms with Gasteiger partial charge in [0.15, 0.2) is 0 Å². The second kappa shape index (κ2) is 4.28. The van der Waals surface area contributed by atoms with Crippen molar-refractivity contribution in [1.82, 2.24) is 9.47 Å². The number of amides is 1. The van der Waals surface area contributed by atoms with Crippen LogP contribution in [0.1, 0.15) is 37.4 Å². The molecule has 0 spiro atoms. The molecule has 4 rings (SSSR count). The Labute approximate surface area is 130 Å². The Morgan fingerprint density at radius 2 is 2.05 bits per heavy atom. The van der Waals surface area contributed by atoms with Crippen LogP contribution in [0.4, 0.5) is 0 Å². The van der Waals surface area contributed by atoms with Gasteiger partial charge in [-0.15, -0.1) is 0 Å². The van der Waals surface area contributed by atoms with Crippen LogP contribution >= 0.6 is 0 Å². The molecule has 1 amide bonds. The zero-order chi connectivity index (χ0) is 15.6. The van der Waals surface area contributed by atoms with Crippen molar-refractivity contribution in [2.45, 2.75) is 44.1 Å². The van der Waals surface area contributed by atoms with E-state index in [0.717, 1.165) is 24.6 Å². The van der Waals surface area contributed by atoms with Crippen LogP contribution in [0.25, 0.3) is 10.9 Å². The van der Waals surface area contributed by atoms with Crippen LogP contribution in [-0.2, 0) is 23.7 Å². The highest BCUT2D eigenvalue weighted by Gasteiger charge is 2.49. The Morgan fingerprint density at radius 3 is 2.82 bits per heavy atom. The molecule has 0 radical (unpaired) electrons. The molecule has 1 aliphatic heterocycles. The van der Waals surface area contributed by atoms with Gasteiger partial charge in [-0.2, -0.15) is 0 Å². The lowest BCUT2D eigenvalue weighted by atomic mass is 9.65. The number of phenols is 1. The van der Waals surface area contributed by atoms with Crippen LogP contribution in [0.2, 0.25) is 0 Å². The Kier molecular flexibility index (Phi) is 2.66. The summed E-state index contributed by atoms with van der Waals surface area (Å²) in [6, 6.07) is 5.91. The quantitative estimate of drug-likeness (QED) is 0.813. The smallest absolute Gasteiger partial charge is 0.222 e. The maximum atomic E-state index is 12.1. The molecule has 4 nitrogen and oxygen atoms in total. The third-order valence-corrected chi connectivity index (χ3v) is 5.95. The highest BCUT2D eigenvalue weighted by molar-refractivity contribution is 5.88. The minimum Gasteiger partial charge on any atom is -0.508 e. The third kappa shape index (κ3) is 1.55. The summed E-state index contributed by atoms with van der Waals surface area (Å²) in [4.78, 5) is 14.1. The van der Waals surface area contributed by atoms with Gasteiger partial charge in [-0.05, 0) is 43.0 Å². The van der Waals surface area contributed by atoms with Crippen molar-refractivity contribution >= 4 is 16.8 Å². The molecule has 2 aliphatic rings. The Balaban J connectivity index is 1.98. The Hall–Kier alpha value is -1.97. The maximum Gasteiger partial charge on any atom is 0.222 e. The number of aryl methyl sites for hydroxylation is 2. The molecule has 0 bridgehead atoms. The SMILES string of the molecule is CN1C(=O)CCC2(C)c3c(c4cc(O)ccc4n3C)CCC12. The van der Waals surface area contributed by atoms with E-state index in [1.165, 1.54) is 16.8 Å². The molecule has 116 valence electrons. The molecule has 1 fully saturated rings. The van der Waals surface area contributed by atoms with Crippen molar-refractivity contribution in [2.24, 2.45) is 7.05 Å². The molecule has 4 heteroatoms. The number of likely N-dealkylation sites (N-methyl/N-ethyl adjacent to an activating group) is 1. The Morgan fingerprint density at radius 1 is 1.27 bits per heavy atom. The van der Waals surface area contributed by atoms with E-state index in [1.54, 1.807) is 6.07 Å². The summed E-state index contributed by atoms with van der Waals surface area (Å²) in [6.07, 6.45) is 3.49. The predicted octanol–water partition coefficient (Wildman–Crippen LogP) is 2.71. The van der Waals surface area contributed by atoms with Crippen molar-refractivity contribution < 1.29 is 9.90 Å². The summed E-state index contributed by atoms with van der Waals surface area (Å²) in [5, 5.41) is 11.0. The molecule has 1 saturated heterocycles. The highest BCUT2D eigenvalue weighted by atomic mass is 16.3. The number of carbonyl (C=O) groups excluding carboxylic acids is 1. The average Bonchev–Trinajstić information content (AvgIpc) is 2.77. The van der Waals surface area contributed by atoms with E-state index < -0.39 is 0 Å². The molecule has 1 aliphatic carbocycles. The second-order valence-corrected chi connectivity index (χ2v) is 7.06. The van der Waals surface area contributed by atoms with E-state index in [4.69, 9.17) is 0 Å². The van der Waals surface area contributed by atoms with Gasteiger partial charge >= 0.3 is 0 Å². The zero-order valence-electron chi connectivity index (χ0n) is 13.4. The van der Waals surface area contributed by atoms with Crippen molar-refractivity contribution in [2.75, 3.05) is 7.05 Å². The summed E-state index contributed by atoms with van der Waals surface area (Å²) in [5.41, 5.74) is 3.88. The maximum absolute atomic E-state index is 12.1. The summed E-state index contributed by atoms with van der Waals surface area (Å²) in [7, 11) is 4.06. The van der Waals surface area contributed by atoms with Gasteiger partial charge in [-0.1, -0.05) is 6.92 Å². The predicted molar refractivity (Wildman–Crippen MR) is 86.0 cm³/mol. The van der Waals surface area contributed by atoms with Gasteiger partial charge < -0.3 is 14.6 Å². The first kappa shape index (κ1) is 13.7. The fourth-order valence-corrected chi connectivity index (χ4v) is 4.87. The summed E-state index contributed by atoms with van der Waals surface area (Å²) in [5.74, 6) is 0.589. The van der Waals surface area contributed by atoms with Gasteiger partial charge in [0, 0.05) is 48.6 Å². The van der Waals surface area contributed by atoms with E-state index in [-0.39, 0.29) is 17.4 Å². The molecular weight excluding hydrogens is 276 g/mol. The molecule has 2 unspecified atom stereocenters. The van der Waals surface area contributed by atoms with Crippen LogP contribution in [0.15, 0.2) is 18.2 Å². The number of nitrogens with zero attached hydrogens (tertiary/aromatic N) is 2. The standard InChI is InChI=1S/C18H22N2O2/c1-18-9-8-16(22)20(3)15(18)7-5-12-13-10-11(21)4-6-14(13)19(2)17(12)18/h4,6,10,15,21H,5,7-9H2,1-3H3. The number of likely N-dealkylation sites (tertiary alicyclic amines) is 1. The third-order valence-electron chi connectivity index (χ3n) is 5.95. The molecule has 1 aromatic carbocycles. The number of benzene rings is 1. The first-order chi connectivity index (χ1) is 10.4. The van der Waals surface area contributed by atoms with Crippen LogP contribution in [0.5, 0.6) is 5.75 Å². The summed E-state index contributed by atoms with van der Waals surface area (Å²) in [6.45, 7) is 2.30. The molecule has 2 aromatic rings. The van der Waals surface area contributed by atoms with Crippen LogP contribution < -0.4 is 0 Å². The molecule has 2 heterocycles. The van der Waals surface area contributed by atoms with E-state index in [0.29, 0.717) is 12.2 Å². The van der Waals surface area contributed by atoms with E-state index in [9.17, 15) is 9.90 Å². The van der Waals surface area contributed by atoms with E-state index in [1.807, 2.05) is 24.1 Å². The number of carbonyl (C=O) groups is 1. The molecular formula is C18H22N2O2. The number of fused-ring (bicyclic) bond motifs is 5. The number of phenolic OH excluding ortho intramolecular Hbond substituents is 1. The summed E-state index contributed by atoms with van der Waals surface area (Å²) < 4.78 is 2.28. The number of hydrogen-bond donors (Lipinski definition) is 1. The van der Waals surface area contributed by atoms with Crippen LogP contribution in [-0.4, -0.2) is 33.6 Å². The lowest BCUT2D eigenvalue weighted by molar-refractivity contribution is -0.138. The van der Waals surface area contributed by atoms with Crippen molar-refractivity contribution in [3.05, 3.63) is 29.5 Å². The number of hydrogen-bond acceptors (Lipinski definition) is 2. The van der Waals surface area contributed by atoms with Crippen LogP contribution in [0.3, 0.4) is 0 Å². The van der Waals surface area contributed by atoms with Gasteiger partial charge in [0.1, 0.15) is 5.75 Å².